The molecule has 0 spiro atoms. The number of nitrogens with zero attached hydrogens (tertiary/aromatic N) is 5. The van der Waals surface area contributed by atoms with E-state index < -0.39 is 23.1 Å². The number of likely N-dealkylation sites (N-methyl/N-ethyl adjacent to an activating group) is 1. The number of hydrogen-bond acceptors (Lipinski definition) is 9. The summed E-state index contributed by atoms with van der Waals surface area (Å²) in [5.74, 6) is 0.122. The molecule has 1 fully saturated rings. The van der Waals surface area contributed by atoms with E-state index in [9.17, 15) is 9.59 Å². The molecule has 1 amide bonds. The third-order valence-electron chi connectivity index (χ3n) is 6.77. The van der Waals surface area contributed by atoms with Crippen molar-refractivity contribution in [3.63, 3.8) is 0 Å². The lowest BCUT2D eigenvalue weighted by Gasteiger charge is -2.34. The first-order valence-corrected chi connectivity index (χ1v) is 13.6. The number of fused-ring (bicyclic) bond motifs is 1. The molecule has 3 heterocycles. The first-order chi connectivity index (χ1) is 20.0. The van der Waals surface area contributed by atoms with Gasteiger partial charge in [0.1, 0.15) is 17.2 Å². The highest BCUT2D eigenvalue weighted by Gasteiger charge is 2.19. The summed E-state index contributed by atoms with van der Waals surface area (Å²) < 4.78 is 27.2. The number of ether oxygens (including phenoxy) is 2. The van der Waals surface area contributed by atoms with E-state index in [0.29, 0.717) is 16.8 Å². The van der Waals surface area contributed by atoms with Crippen molar-refractivity contribution in [3.05, 3.63) is 70.9 Å². The minimum absolute atomic E-state index is 0.0853. The molecule has 2 aromatic heterocycles. The van der Waals surface area contributed by atoms with Crippen LogP contribution in [0.25, 0.3) is 16.7 Å². The Kier molecular flexibility index (Phi) is 7.99. The number of halogens is 1. The van der Waals surface area contributed by atoms with Crippen LogP contribution in [0.3, 0.4) is 0 Å². The van der Waals surface area contributed by atoms with E-state index in [4.69, 9.17) is 9.47 Å². The highest BCUT2D eigenvalue weighted by molar-refractivity contribution is 5.86. The van der Waals surface area contributed by atoms with Gasteiger partial charge in [0.25, 0.3) is 5.56 Å². The van der Waals surface area contributed by atoms with Gasteiger partial charge in [-0.15, -0.1) is 0 Å². The lowest BCUT2D eigenvalue weighted by Crippen LogP contribution is -2.44. The molecule has 5 rings (SSSR count). The standard InChI is InChI=1S/C30H34FN7O4/c1-30(2,3)42-29(40)33-20-7-9-22(31)24(16-20)38-26(39)11-6-19-18-32-28(35-27(19)38)34-23-10-8-21(17-25(23)41-5)37-14-12-36(4)13-15-37/h6-11,16-18H,12-15H2,1-5H3,(H,33,40)(H,32,34,35). The number of rotatable bonds is 6. The highest BCUT2D eigenvalue weighted by Crippen LogP contribution is 2.32. The molecule has 1 aliphatic heterocycles. The Hall–Kier alpha value is -4.71. The van der Waals surface area contributed by atoms with Crippen molar-refractivity contribution >= 4 is 40.1 Å². The van der Waals surface area contributed by atoms with E-state index >= 15 is 4.39 Å². The van der Waals surface area contributed by atoms with E-state index in [1.807, 2.05) is 18.2 Å². The predicted molar refractivity (Wildman–Crippen MR) is 161 cm³/mol. The number of hydrogen-bond donors (Lipinski definition) is 2. The molecule has 220 valence electrons. The second kappa shape index (κ2) is 11.6. The number of carbonyl (C=O) groups excluding carboxylic acids is 1. The summed E-state index contributed by atoms with van der Waals surface area (Å²) in [5, 5.41) is 6.27. The fourth-order valence-corrected chi connectivity index (χ4v) is 4.66. The normalized spacial score (nSPS) is 14.1. The van der Waals surface area contributed by atoms with Crippen LogP contribution in [0.5, 0.6) is 5.75 Å². The zero-order chi connectivity index (χ0) is 30.0. The van der Waals surface area contributed by atoms with E-state index in [2.05, 4.69) is 37.4 Å². The van der Waals surface area contributed by atoms with Gasteiger partial charge in [-0.05, 0) is 64.2 Å². The monoisotopic (exact) mass is 575 g/mol. The van der Waals surface area contributed by atoms with E-state index in [0.717, 1.165) is 36.4 Å². The van der Waals surface area contributed by atoms with Crippen molar-refractivity contribution in [3.8, 4) is 11.4 Å². The molecular formula is C30H34FN7O4. The number of amides is 1. The van der Waals surface area contributed by atoms with Crippen molar-refractivity contribution in [1.29, 1.82) is 0 Å². The van der Waals surface area contributed by atoms with Crippen LogP contribution in [-0.4, -0.2) is 71.5 Å². The van der Waals surface area contributed by atoms with Crippen LogP contribution in [0.4, 0.5) is 32.2 Å². The van der Waals surface area contributed by atoms with E-state index in [1.54, 1.807) is 40.1 Å². The van der Waals surface area contributed by atoms with Gasteiger partial charge in [0.2, 0.25) is 5.95 Å². The Labute approximate surface area is 242 Å². The summed E-state index contributed by atoms with van der Waals surface area (Å²) >= 11 is 0. The molecule has 0 bridgehead atoms. The minimum Gasteiger partial charge on any atom is -0.494 e. The summed E-state index contributed by atoms with van der Waals surface area (Å²) in [6.45, 7) is 9.01. The molecule has 0 aliphatic carbocycles. The molecule has 42 heavy (non-hydrogen) atoms. The molecule has 12 heteroatoms. The van der Waals surface area contributed by atoms with Gasteiger partial charge in [-0.25, -0.2) is 14.2 Å². The van der Waals surface area contributed by atoms with Gasteiger partial charge in [0.05, 0.1) is 18.5 Å². The zero-order valence-electron chi connectivity index (χ0n) is 24.3. The number of piperazine rings is 1. The molecule has 4 aromatic rings. The maximum atomic E-state index is 15.1. The second-order valence-electron chi connectivity index (χ2n) is 11.1. The summed E-state index contributed by atoms with van der Waals surface area (Å²) in [5.41, 5.74) is 0.812. The van der Waals surface area contributed by atoms with E-state index in [-0.39, 0.29) is 23.0 Å². The Morgan fingerprint density at radius 2 is 1.79 bits per heavy atom. The van der Waals surface area contributed by atoms with Crippen LogP contribution in [0.1, 0.15) is 20.8 Å². The lowest BCUT2D eigenvalue weighted by molar-refractivity contribution is 0.0636. The van der Waals surface area contributed by atoms with Gasteiger partial charge >= 0.3 is 6.09 Å². The van der Waals surface area contributed by atoms with Crippen LogP contribution in [-0.2, 0) is 4.74 Å². The Balaban J connectivity index is 1.47. The smallest absolute Gasteiger partial charge is 0.412 e. The first-order valence-electron chi connectivity index (χ1n) is 13.6. The lowest BCUT2D eigenvalue weighted by atomic mass is 10.2. The second-order valence-corrected chi connectivity index (χ2v) is 11.1. The van der Waals surface area contributed by atoms with Gasteiger partial charge in [-0.3, -0.25) is 14.7 Å². The zero-order valence-corrected chi connectivity index (χ0v) is 24.3. The Morgan fingerprint density at radius 3 is 2.50 bits per heavy atom. The molecule has 0 radical (unpaired) electrons. The van der Waals surface area contributed by atoms with Crippen molar-refractivity contribution in [2.75, 3.05) is 55.9 Å². The molecule has 0 saturated carbocycles. The predicted octanol–water partition coefficient (Wildman–Crippen LogP) is 4.77. The molecule has 1 aliphatic rings. The number of pyridine rings is 1. The fraction of sp³-hybridized carbons (Fsp3) is 0.333. The average molecular weight is 576 g/mol. The molecule has 11 nitrogen and oxygen atoms in total. The summed E-state index contributed by atoms with van der Waals surface area (Å²) in [6, 6.07) is 12.7. The maximum Gasteiger partial charge on any atom is 0.412 e. The molecule has 0 unspecified atom stereocenters. The summed E-state index contributed by atoms with van der Waals surface area (Å²) in [6.07, 6.45) is 0.846. The summed E-state index contributed by atoms with van der Waals surface area (Å²) in [4.78, 5) is 38.9. The number of benzene rings is 2. The third kappa shape index (κ3) is 6.44. The van der Waals surface area contributed by atoms with Gasteiger partial charge in [-0.2, -0.15) is 4.98 Å². The first kappa shape index (κ1) is 28.8. The van der Waals surface area contributed by atoms with Crippen LogP contribution in [0, 0.1) is 5.82 Å². The number of aromatic nitrogens is 3. The molecule has 0 atom stereocenters. The Morgan fingerprint density at radius 1 is 1.02 bits per heavy atom. The van der Waals surface area contributed by atoms with Gasteiger partial charge < -0.3 is 24.6 Å². The van der Waals surface area contributed by atoms with Crippen LogP contribution < -0.4 is 25.8 Å². The molecule has 1 saturated heterocycles. The minimum atomic E-state index is -0.715. The number of anilines is 4. The number of methoxy groups -OCH3 is 1. The van der Waals surface area contributed by atoms with Gasteiger partial charge in [0, 0.05) is 61.3 Å². The van der Waals surface area contributed by atoms with Crippen molar-refractivity contribution in [2.24, 2.45) is 0 Å². The molecule has 2 N–H and O–H groups in total. The number of carbonyl (C=O) groups is 1. The fourth-order valence-electron chi connectivity index (χ4n) is 4.66. The third-order valence-corrected chi connectivity index (χ3v) is 6.77. The molecule has 2 aromatic carbocycles. The summed E-state index contributed by atoms with van der Waals surface area (Å²) in [7, 11) is 3.70. The van der Waals surface area contributed by atoms with Crippen molar-refractivity contribution in [2.45, 2.75) is 26.4 Å². The quantitative estimate of drug-likeness (QED) is 0.336. The topological polar surface area (TPSA) is 114 Å². The van der Waals surface area contributed by atoms with Crippen LogP contribution >= 0.6 is 0 Å². The van der Waals surface area contributed by atoms with Gasteiger partial charge in [-0.1, -0.05) is 0 Å². The highest BCUT2D eigenvalue weighted by atomic mass is 19.1. The SMILES string of the molecule is COc1cc(N2CCN(C)CC2)ccc1Nc1ncc2ccc(=O)n(-c3cc(NC(=O)OC(C)(C)C)ccc3F)c2n1. The van der Waals surface area contributed by atoms with Crippen molar-refractivity contribution in [1.82, 2.24) is 19.4 Å². The van der Waals surface area contributed by atoms with Crippen LogP contribution in [0.15, 0.2) is 59.5 Å². The molecular weight excluding hydrogens is 541 g/mol. The van der Waals surface area contributed by atoms with Gasteiger partial charge in [0.15, 0.2) is 5.65 Å². The maximum absolute atomic E-state index is 15.1. The largest absolute Gasteiger partial charge is 0.494 e. The van der Waals surface area contributed by atoms with E-state index in [1.165, 1.54) is 24.3 Å². The van der Waals surface area contributed by atoms with Crippen LogP contribution in [0.2, 0.25) is 0 Å². The number of nitrogens with one attached hydrogen (secondary N) is 2. The average Bonchev–Trinajstić information content (AvgIpc) is 2.94. The Bertz CT molecular complexity index is 1680. The van der Waals surface area contributed by atoms with Crippen molar-refractivity contribution < 1.29 is 18.7 Å².